The summed E-state index contributed by atoms with van der Waals surface area (Å²) in [5.74, 6) is 0. The third-order valence-corrected chi connectivity index (χ3v) is 2.49. The van der Waals surface area contributed by atoms with Crippen molar-refractivity contribution in [2.24, 2.45) is 0 Å². The van der Waals surface area contributed by atoms with Crippen LogP contribution in [0.25, 0.3) is 0 Å². The highest BCUT2D eigenvalue weighted by molar-refractivity contribution is 6.70. The van der Waals surface area contributed by atoms with Crippen molar-refractivity contribution in [2.75, 3.05) is 0 Å². The molecule has 0 aliphatic carbocycles. The zero-order valence-electron chi connectivity index (χ0n) is 6.83. The number of hydrogen-bond acceptors (Lipinski definition) is 1. The molecule has 0 saturated carbocycles. The number of benzene rings is 1. The molecule has 1 aromatic rings. The lowest BCUT2D eigenvalue weighted by molar-refractivity contribution is -0.137. The molecule has 7 heteroatoms. The number of halogens is 6. The van der Waals surface area contributed by atoms with Gasteiger partial charge in [0.2, 0.25) is 0 Å². The van der Waals surface area contributed by atoms with Gasteiger partial charge in [0, 0.05) is 0 Å². The van der Waals surface area contributed by atoms with Gasteiger partial charge in [0.25, 0.3) is 5.24 Å². The zero-order valence-corrected chi connectivity index (χ0v) is 9.10. The third kappa shape index (κ3) is 2.56. The molecule has 1 rings (SSSR count). The summed E-state index contributed by atoms with van der Waals surface area (Å²) in [6.45, 7) is 0. The van der Waals surface area contributed by atoms with E-state index in [1.54, 1.807) is 0 Å². The fourth-order valence-electron chi connectivity index (χ4n) is 0.952. The van der Waals surface area contributed by atoms with Gasteiger partial charge in [0.1, 0.15) is 0 Å². The monoisotopic (exact) mass is 276 g/mol. The van der Waals surface area contributed by atoms with Gasteiger partial charge in [0.05, 0.1) is 21.2 Å². The first-order valence-electron chi connectivity index (χ1n) is 3.50. The Hall–Kier alpha value is -0.450. The van der Waals surface area contributed by atoms with Gasteiger partial charge in [-0.25, -0.2) is 0 Å². The smallest absolute Gasteiger partial charge is 0.275 e. The van der Waals surface area contributed by atoms with Crippen LogP contribution >= 0.6 is 34.8 Å². The molecule has 0 aromatic heterocycles. The Morgan fingerprint density at radius 1 is 1.20 bits per heavy atom. The molecule has 0 atom stereocenters. The topological polar surface area (TPSA) is 17.1 Å². The molecule has 15 heavy (non-hydrogen) atoms. The predicted molar refractivity (Wildman–Crippen MR) is 51.6 cm³/mol. The van der Waals surface area contributed by atoms with Gasteiger partial charge in [-0.05, 0) is 23.7 Å². The van der Waals surface area contributed by atoms with Crippen LogP contribution in [-0.2, 0) is 6.18 Å². The normalized spacial score (nSPS) is 11.6. The van der Waals surface area contributed by atoms with E-state index >= 15 is 0 Å². The van der Waals surface area contributed by atoms with E-state index in [1.165, 1.54) is 0 Å². The summed E-state index contributed by atoms with van der Waals surface area (Å²) in [7, 11) is 0. The maximum atomic E-state index is 12.3. The molecule has 1 nitrogen and oxygen atoms in total. The van der Waals surface area contributed by atoms with E-state index in [1.807, 2.05) is 0 Å². The molecule has 0 bridgehead atoms. The largest absolute Gasteiger partial charge is 0.417 e. The molecule has 0 N–H and O–H groups in total. The standard InChI is InChI=1S/C8H2Cl3F3O/c9-4-2-1-3(8(12,13)14)6(10)5(4)7(11)15/h1-2H. The van der Waals surface area contributed by atoms with Crippen LogP contribution < -0.4 is 0 Å². The molecular weight excluding hydrogens is 275 g/mol. The molecule has 82 valence electrons. The first-order valence-corrected chi connectivity index (χ1v) is 4.63. The second-order valence-corrected chi connectivity index (χ2v) is 3.68. The van der Waals surface area contributed by atoms with Crippen molar-refractivity contribution in [2.45, 2.75) is 6.18 Å². The van der Waals surface area contributed by atoms with Gasteiger partial charge in [-0.1, -0.05) is 23.2 Å². The second-order valence-electron chi connectivity index (χ2n) is 2.56. The predicted octanol–water partition coefficient (Wildman–Crippen LogP) is 4.39. The summed E-state index contributed by atoms with van der Waals surface area (Å²) >= 11 is 15.9. The fraction of sp³-hybridized carbons (Fsp3) is 0.125. The minimum absolute atomic E-state index is 0.215. The molecule has 0 aliphatic heterocycles. The Kier molecular flexibility index (Phi) is 3.53. The highest BCUT2D eigenvalue weighted by Crippen LogP contribution is 2.39. The molecule has 0 radical (unpaired) electrons. The van der Waals surface area contributed by atoms with Crippen molar-refractivity contribution in [3.63, 3.8) is 0 Å². The summed E-state index contributed by atoms with van der Waals surface area (Å²) in [5, 5.41) is -2.13. The molecule has 0 saturated heterocycles. The summed E-state index contributed by atoms with van der Waals surface area (Å²) < 4.78 is 37.0. The summed E-state index contributed by atoms with van der Waals surface area (Å²) in [5.41, 5.74) is -1.67. The molecule has 0 unspecified atom stereocenters. The highest BCUT2D eigenvalue weighted by Gasteiger charge is 2.35. The molecule has 1 aromatic carbocycles. The van der Waals surface area contributed by atoms with Crippen LogP contribution in [0.5, 0.6) is 0 Å². The SMILES string of the molecule is O=C(Cl)c1c(Cl)ccc(C(F)(F)F)c1Cl. The summed E-state index contributed by atoms with van der Waals surface area (Å²) in [6.07, 6.45) is -4.65. The van der Waals surface area contributed by atoms with Crippen LogP contribution in [0, 0.1) is 0 Å². The van der Waals surface area contributed by atoms with E-state index in [0.717, 1.165) is 6.07 Å². The Balaban J connectivity index is 3.49. The highest BCUT2D eigenvalue weighted by atomic mass is 35.5. The van der Waals surface area contributed by atoms with E-state index in [2.05, 4.69) is 0 Å². The average Bonchev–Trinajstić information content (AvgIpc) is 2.00. The second kappa shape index (κ2) is 4.20. The average molecular weight is 277 g/mol. The minimum Gasteiger partial charge on any atom is -0.275 e. The quantitative estimate of drug-likeness (QED) is 0.696. The lowest BCUT2D eigenvalue weighted by Crippen LogP contribution is -2.08. The van der Waals surface area contributed by atoms with Gasteiger partial charge in [-0.3, -0.25) is 4.79 Å². The summed E-state index contributed by atoms with van der Waals surface area (Å²) in [6, 6.07) is 1.61. The van der Waals surface area contributed by atoms with Crippen molar-refractivity contribution < 1.29 is 18.0 Å². The number of alkyl halides is 3. The molecule has 0 amide bonds. The lowest BCUT2D eigenvalue weighted by Gasteiger charge is -2.11. The number of rotatable bonds is 1. The minimum atomic E-state index is -4.65. The Bertz CT molecular complexity index is 414. The van der Waals surface area contributed by atoms with Crippen molar-refractivity contribution in [1.82, 2.24) is 0 Å². The molecule has 0 heterocycles. The number of carbonyl (C=O) groups excluding carboxylic acids is 1. The van der Waals surface area contributed by atoms with E-state index in [9.17, 15) is 18.0 Å². The third-order valence-electron chi connectivity index (χ3n) is 1.59. The van der Waals surface area contributed by atoms with Gasteiger partial charge in [-0.2, -0.15) is 13.2 Å². The van der Waals surface area contributed by atoms with Gasteiger partial charge < -0.3 is 0 Å². The van der Waals surface area contributed by atoms with Gasteiger partial charge >= 0.3 is 6.18 Å². The Morgan fingerprint density at radius 2 is 1.73 bits per heavy atom. The van der Waals surface area contributed by atoms with Crippen LogP contribution in [0.1, 0.15) is 15.9 Å². The van der Waals surface area contributed by atoms with Crippen LogP contribution in [0.15, 0.2) is 12.1 Å². The first kappa shape index (κ1) is 12.6. The van der Waals surface area contributed by atoms with Crippen molar-refractivity contribution >= 4 is 40.0 Å². The maximum absolute atomic E-state index is 12.3. The summed E-state index contributed by atoms with van der Waals surface area (Å²) in [4.78, 5) is 10.8. The Labute approximate surface area is 97.7 Å². The van der Waals surface area contributed by atoms with Gasteiger partial charge in [-0.15, -0.1) is 0 Å². The zero-order chi connectivity index (χ0) is 11.8. The molecule has 0 spiro atoms. The fourth-order valence-corrected chi connectivity index (χ4v) is 1.89. The molecule has 0 aliphatic rings. The van der Waals surface area contributed by atoms with Crippen molar-refractivity contribution in [1.29, 1.82) is 0 Å². The Morgan fingerprint density at radius 3 is 2.13 bits per heavy atom. The first-order chi connectivity index (χ1) is 6.75. The molecular formula is C8H2Cl3F3O. The van der Waals surface area contributed by atoms with E-state index in [4.69, 9.17) is 34.8 Å². The van der Waals surface area contributed by atoms with Crippen LogP contribution in [-0.4, -0.2) is 5.24 Å². The van der Waals surface area contributed by atoms with Crippen molar-refractivity contribution in [3.8, 4) is 0 Å². The van der Waals surface area contributed by atoms with Crippen LogP contribution in [0.2, 0.25) is 10.0 Å². The number of carbonyl (C=O) groups is 1. The van der Waals surface area contributed by atoms with E-state index in [0.29, 0.717) is 6.07 Å². The number of hydrogen-bond donors (Lipinski definition) is 0. The van der Waals surface area contributed by atoms with Crippen LogP contribution in [0.4, 0.5) is 13.2 Å². The maximum Gasteiger partial charge on any atom is 0.417 e. The van der Waals surface area contributed by atoms with Crippen LogP contribution in [0.3, 0.4) is 0 Å². The van der Waals surface area contributed by atoms with Crippen molar-refractivity contribution in [3.05, 3.63) is 33.3 Å². The molecule has 0 fully saturated rings. The van der Waals surface area contributed by atoms with E-state index in [-0.39, 0.29) is 5.02 Å². The lowest BCUT2D eigenvalue weighted by atomic mass is 10.1. The van der Waals surface area contributed by atoms with Gasteiger partial charge in [0.15, 0.2) is 0 Å². The van der Waals surface area contributed by atoms with E-state index < -0.39 is 27.6 Å².